The van der Waals surface area contributed by atoms with E-state index in [0.717, 1.165) is 5.56 Å². The van der Waals surface area contributed by atoms with E-state index in [9.17, 15) is 26.4 Å². The summed E-state index contributed by atoms with van der Waals surface area (Å²) in [5, 5.41) is 0. The highest BCUT2D eigenvalue weighted by atomic mass is 32.2. The zero-order valence-corrected chi connectivity index (χ0v) is 20.5. The minimum absolute atomic E-state index is 0.0104. The summed E-state index contributed by atoms with van der Waals surface area (Å²) in [7, 11) is -3.62. The molecule has 11 heteroatoms. The molecule has 1 spiro atoms. The molecule has 0 N–H and O–H groups in total. The van der Waals surface area contributed by atoms with Crippen molar-refractivity contribution in [2.75, 3.05) is 32.8 Å². The molecule has 2 saturated heterocycles. The van der Waals surface area contributed by atoms with Gasteiger partial charge < -0.3 is 9.64 Å². The molecular formula is C24H28F3N3O4S. The first kappa shape index (κ1) is 25.4. The lowest BCUT2D eigenvalue weighted by Crippen LogP contribution is -2.44. The Kier molecular flexibility index (Phi) is 6.85. The summed E-state index contributed by atoms with van der Waals surface area (Å²) < 4.78 is 70.5. The van der Waals surface area contributed by atoms with Crippen LogP contribution in [0.2, 0.25) is 0 Å². The number of likely N-dealkylation sites (tertiary alicyclic amines) is 1. The fourth-order valence-corrected chi connectivity index (χ4v) is 6.58. The molecule has 1 aromatic heterocycles. The number of sulfonamides is 1. The molecule has 2 aliphatic heterocycles. The molecule has 190 valence electrons. The van der Waals surface area contributed by atoms with Gasteiger partial charge in [-0.15, -0.1) is 0 Å². The number of amides is 1. The molecule has 0 atom stereocenters. The van der Waals surface area contributed by atoms with Gasteiger partial charge in [-0.05, 0) is 67.9 Å². The minimum atomic E-state index is -4.54. The van der Waals surface area contributed by atoms with Crippen molar-refractivity contribution in [1.29, 1.82) is 0 Å². The van der Waals surface area contributed by atoms with Gasteiger partial charge in [0.25, 0.3) is 5.91 Å². The fourth-order valence-electron chi connectivity index (χ4n) is 4.83. The minimum Gasteiger partial charge on any atom is -0.467 e. The van der Waals surface area contributed by atoms with Crippen molar-refractivity contribution >= 4 is 15.9 Å². The molecule has 0 unspecified atom stereocenters. The maximum Gasteiger partial charge on any atom is 0.422 e. The molecule has 35 heavy (non-hydrogen) atoms. The molecule has 2 aliphatic rings. The Morgan fingerprint density at radius 2 is 1.80 bits per heavy atom. The van der Waals surface area contributed by atoms with E-state index in [1.807, 2.05) is 13.0 Å². The topological polar surface area (TPSA) is 79.8 Å². The molecule has 3 heterocycles. The van der Waals surface area contributed by atoms with Crippen LogP contribution in [0, 0.1) is 19.3 Å². The number of benzene rings is 1. The van der Waals surface area contributed by atoms with Crippen molar-refractivity contribution in [1.82, 2.24) is 14.2 Å². The van der Waals surface area contributed by atoms with Crippen LogP contribution in [-0.2, 0) is 10.0 Å². The summed E-state index contributed by atoms with van der Waals surface area (Å²) in [6.45, 7) is 3.67. The standard InChI is InChI=1S/C24H28F3N3O4S/c1-17-5-6-18(2)20(14-17)35(32,33)30-12-8-23(9-13-30)7-11-29(15-23)22(31)19-4-3-10-28-21(19)34-16-24(25,26)27/h3-6,10,14H,7-9,11-13,15-16H2,1-2H3. The van der Waals surface area contributed by atoms with Crippen LogP contribution in [0.3, 0.4) is 0 Å². The molecule has 0 radical (unpaired) electrons. The molecule has 2 fully saturated rings. The van der Waals surface area contributed by atoms with E-state index in [1.54, 1.807) is 24.0 Å². The number of alkyl halides is 3. The third-order valence-electron chi connectivity index (χ3n) is 6.84. The zero-order chi connectivity index (χ0) is 25.4. The molecule has 7 nitrogen and oxygen atoms in total. The largest absolute Gasteiger partial charge is 0.467 e. The van der Waals surface area contributed by atoms with Gasteiger partial charge in [0.15, 0.2) is 6.61 Å². The number of nitrogens with zero attached hydrogens (tertiary/aromatic N) is 3. The lowest BCUT2D eigenvalue weighted by atomic mass is 9.78. The van der Waals surface area contributed by atoms with Crippen molar-refractivity contribution in [3.63, 3.8) is 0 Å². The van der Waals surface area contributed by atoms with Crippen molar-refractivity contribution in [3.05, 3.63) is 53.2 Å². The smallest absolute Gasteiger partial charge is 0.422 e. The number of pyridine rings is 1. The van der Waals surface area contributed by atoms with Gasteiger partial charge in [0.05, 0.1) is 4.90 Å². The Morgan fingerprint density at radius 1 is 1.11 bits per heavy atom. The number of halogens is 3. The second-order valence-corrected chi connectivity index (χ2v) is 11.3. The number of piperidine rings is 1. The van der Waals surface area contributed by atoms with Gasteiger partial charge in [0.2, 0.25) is 15.9 Å². The van der Waals surface area contributed by atoms with Crippen molar-refractivity contribution in [2.24, 2.45) is 5.41 Å². The van der Waals surface area contributed by atoms with E-state index < -0.39 is 28.7 Å². The highest BCUT2D eigenvalue weighted by Crippen LogP contribution is 2.42. The van der Waals surface area contributed by atoms with Crippen LogP contribution in [0.15, 0.2) is 41.4 Å². The number of ether oxygens (including phenoxy) is 1. The van der Waals surface area contributed by atoms with E-state index in [2.05, 4.69) is 4.98 Å². The van der Waals surface area contributed by atoms with Gasteiger partial charge in [-0.25, -0.2) is 13.4 Å². The van der Waals surface area contributed by atoms with Gasteiger partial charge in [0, 0.05) is 32.4 Å². The maximum atomic E-state index is 13.3. The van der Waals surface area contributed by atoms with Crippen LogP contribution in [0.25, 0.3) is 0 Å². The quantitative estimate of drug-likeness (QED) is 0.607. The highest BCUT2D eigenvalue weighted by Gasteiger charge is 2.44. The average molecular weight is 512 g/mol. The second-order valence-electron chi connectivity index (χ2n) is 9.41. The van der Waals surface area contributed by atoms with Gasteiger partial charge >= 0.3 is 6.18 Å². The average Bonchev–Trinajstić information content (AvgIpc) is 3.22. The number of aryl methyl sites for hydroxylation is 2. The third-order valence-corrected chi connectivity index (χ3v) is 8.88. The predicted octanol–water partition coefficient (Wildman–Crippen LogP) is 3.96. The summed E-state index contributed by atoms with van der Waals surface area (Å²) in [6.07, 6.45) is -1.35. The van der Waals surface area contributed by atoms with Crippen LogP contribution in [0.4, 0.5) is 13.2 Å². The first-order valence-electron chi connectivity index (χ1n) is 11.4. The molecule has 2 aromatic rings. The summed E-state index contributed by atoms with van der Waals surface area (Å²) in [4.78, 5) is 18.9. The van der Waals surface area contributed by atoms with Crippen LogP contribution < -0.4 is 4.74 Å². The van der Waals surface area contributed by atoms with Gasteiger partial charge in [-0.2, -0.15) is 17.5 Å². The number of carbonyl (C=O) groups is 1. The Labute approximate surface area is 202 Å². The summed E-state index contributed by atoms with van der Waals surface area (Å²) in [5.74, 6) is -0.775. The maximum absolute atomic E-state index is 13.3. The molecule has 1 aromatic carbocycles. The molecular weight excluding hydrogens is 483 g/mol. The number of hydrogen-bond acceptors (Lipinski definition) is 5. The van der Waals surface area contributed by atoms with Gasteiger partial charge in [-0.3, -0.25) is 4.79 Å². The SMILES string of the molecule is Cc1ccc(C)c(S(=O)(=O)N2CCC3(CCN(C(=O)c4cccnc4OCC(F)(F)F)C3)CC2)c1. The Hall–Kier alpha value is -2.66. The third kappa shape index (κ3) is 5.45. The van der Waals surface area contributed by atoms with E-state index >= 15 is 0 Å². The summed E-state index contributed by atoms with van der Waals surface area (Å²) >= 11 is 0. The fraction of sp³-hybridized carbons (Fsp3) is 0.500. The lowest BCUT2D eigenvalue weighted by molar-refractivity contribution is -0.154. The van der Waals surface area contributed by atoms with Crippen LogP contribution in [-0.4, -0.2) is 67.5 Å². The second kappa shape index (κ2) is 9.42. The van der Waals surface area contributed by atoms with Crippen LogP contribution in [0.5, 0.6) is 5.88 Å². The van der Waals surface area contributed by atoms with E-state index in [4.69, 9.17) is 4.74 Å². The molecule has 0 bridgehead atoms. The number of carbonyl (C=O) groups excluding carboxylic acids is 1. The van der Waals surface area contributed by atoms with Gasteiger partial charge in [-0.1, -0.05) is 12.1 Å². The number of aromatic nitrogens is 1. The molecule has 0 saturated carbocycles. The predicted molar refractivity (Wildman–Crippen MR) is 123 cm³/mol. The van der Waals surface area contributed by atoms with E-state index in [0.29, 0.717) is 55.9 Å². The van der Waals surface area contributed by atoms with E-state index in [1.165, 1.54) is 22.6 Å². The van der Waals surface area contributed by atoms with Crippen molar-refractivity contribution in [2.45, 2.75) is 44.2 Å². The van der Waals surface area contributed by atoms with Crippen LogP contribution >= 0.6 is 0 Å². The monoisotopic (exact) mass is 511 g/mol. The Balaban J connectivity index is 1.43. The summed E-state index contributed by atoms with van der Waals surface area (Å²) in [5.41, 5.74) is 1.34. The van der Waals surface area contributed by atoms with Gasteiger partial charge in [0.1, 0.15) is 5.56 Å². The molecule has 0 aliphatic carbocycles. The first-order chi connectivity index (χ1) is 16.4. The normalized spacial score (nSPS) is 18.7. The zero-order valence-electron chi connectivity index (χ0n) is 19.6. The molecule has 1 amide bonds. The highest BCUT2D eigenvalue weighted by molar-refractivity contribution is 7.89. The summed E-state index contributed by atoms with van der Waals surface area (Å²) in [6, 6.07) is 8.27. The Bertz CT molecular complexity index is 1210. The van der Waals surface area contributed by atoms with Crippen molar-refractivity contribution in [3.8, 4) is 5.88 Å². The molecule has 4 rings (SSSR count). The lowest BCUT2D eigenvalue weighted by Gasteiger charge is -2.38. The number of rotatable bonds is 5. The Morgan fingerprint density at radius 3 is 2.49 bits per heavy atom. The first-order valence-corrected chi connectivity index (χ1v) is 12.9. The van der Waals surface area contributed by atoms with E-state index in [-0.39, 0.29) is 16.9 Å². The van der Waals surface area contributed by atoms with Crippen molar-refractivity contribution < 1.29 is 31.1 Å². The number of hydrogen-bond donors (Lipinski definition) is 0. The van der Waals surface area contributed by atoms with Crippen LogP contribution in [0.1, 0.15) is 40.7 Å².